The van der Waals surface area contributed by atoms with Crippen LogP contribution in [-0.2, 0) is 11.2 Å². The summed E-state index contributed by atoms with van der Waals surface area (Å²) in [6.45, 7) is 4.70. The van der Waals surface area contributed by atoms with Crippen molar-refractivity contribution >= 4 is 23.0 Å². The summed E-state index contributed by atoms with van der Waals surface area (Å²) in [5.41, 5.74) is 8.11. The number of nitrogens with two attached hydrogens (primary N) is 1. The van der Waals surface area contributed by atoms with E-state index in [1.807, 2.05) is 23.1 Å². The van der Waals surface area contributed by atoms with Gasteiger partial charge in [0.15, 0.2) is 0 Å². The molecule has 2 saturated heterocycles. The van der Waals surface area contributed by atoms with Crippen molar-refractivity contribution in [3.05, 3.63) is 30.2 Å². The summed E-state index contributed by atoms with van der Waals surface area (Å²) in [5, 5.41) is 10.6. The molecule has 0 bridgehead atoms. The van der Waals surface area contributed by atoms with E-state index in [0.29, 0.717) is 12.5 Å². The first kappa shape index (κ1) is 18.7. The average Bonchev–Trinajstić information content (AvgIpc) is 3.20. The molecule has 2 aliphatic rings. The quantitative estimate of drug-likeness (QED) is 0.792. The fourth-order valence-corrected chi connectivity index (χ4v) is 4.11. The van der Waals surface area contributed by atoms with E-state index in [2.05, 4.69) is 20.3 Å². The minimum absolute atomic E-state index is 0.0865. The average molecular weight is 384 g/mol. The van der Waals surface area contributed by atoms with Gasteiger partial charge in [0.25, 0.3) is 0 Å². The van der Waals surface area contributed by atoms with Crippen LogP contribution in [0, 0.1) is 6.42 Å². The highest BCUT2D eigenvalue weighted by Gasteiger charge is 2.29. The Hall–Kier alpha value is -2.68. The van der Waals surface area contributed by atoms with Gasteiger partial charge in [-0.1, -0.05) is 11.3 Å². The Morgan fingerprint density at radius 2 is 1.86 bits per heavy atom. The molecule has 0 saturated carbocycles. The van der Waals surface area contributed by atoms with Crippen LogP contribution < -0.4 is 5.73 Å². The maximum absolute atomic E-state index is 12.5. The van der Waals surface area contributed by atoms with Crippen LogP contribution in [0.4, 0.5) is 4.79 Å². The standard InChI is InChI=1S/C19H26N7O2/c20-19(28)26-7-5-15(6-8-26)24-9-11-25(12-10-24)18(27)4-2-14-1-3-16-17(13-14)22-23-21-16/h1,3-4,13,15H,2,5-12H2,(H2,20,28)(H,21,22,23). The second-order valence-electron chi connectivity index (χ2n) is 7.49. The number of carbonyl (C=O) groups is 2. The number of piperidine rings is 1. The number of hydrogen-bond acceptors (Lipinski definition) is 5. The van der Waals surface area contributed by atoms with Gasteiger partial charge in [-0.25, -0.2) is 4.79 Å². The Bertz CT molecular complexity index is 836. The summed E-state index contributed by atoms with van der Waals surface area (Å²) < 4.78 is 0. The van der Waals surface area contributed by atoms with E-state index in [-0.39, 0.29) is 11.9 Å². The summed E-state index contributed by atoms with van der Waals surface area (Å²) in [7, 11) is 0. The molecule has 149 valence electrons. The van der Waals surface area contributed by atoms with Crippen molar-refractivity contribution in [1.29, 1.82) is 0 Å². The summed E-state index contributed by atoms with van der Waals surface area (Å²) in [4.78, 5) is 29.9. The fraction of sp³-hybridized carbons (Fsp3) is 0.526. The van der Waals surface area contributed by atoms with Crippen LogP contribution in [-0.4, -0.2) is 87.4 Å². The second kappa shape index (κ2) is 8.14. The van der Waals surface area contributed by atoms with Gasteiger partial charge in [-0.3, -0.25) is 14.8 Å². The molecule has 9 heteroatoms. The number of fused-ring (bicyclic) bond motifs is 1. The van der Waals surface area contributed by atoms with Crippen molar-refractivity contribution < 1.29 is 9.59 Å². The van der Waals surface area contributed by atoms with Crippen molar-refractivity contribution in [1.82, 2.24) is 30.1 Å². The molecule has 3 N–H and O–H groups in total. The lowest BCUT2D eigenvalue weighted by Gasteiger charge is -2.42. The number of nitrogens with one attached hydrogen (secondary N) is 1. The number of aromatic nitrogens is 3. The molecule has 3 heterocycles. The highest BCUT2D eigenvalue weighted by molar-refractivity contribution is 5.85. The number of likely N-dealkylation sites (tertiary alicyclic amines) is 1. The molecular weight excluding hydrogens is 358 g/mol. The molecule has 1 aromatic heterocycles. The van der Waals surface area contributed by atoms with Crippen molar-refractivity contribution in [3.63, 3.8) is 0 Å². The number of piperazine rings is 1. The molecule has 9 nitrogen and oxygen atoms in total. The minimum atomic E-state index is -0.327. The van der Waals surface area contributed by atoms with Crippen LogP contribution >= 0.6 is 0 Å². The van der Waals surface area contributed by atoms with Crippen LogP contribution in [0.3, 0.4) is 0 Å². The molecular formula is C19H26N7O2. The first-order chi connectivity index (χ1) is 13.6. The number of primary amides is 1. The zero-order valence-electron chi connectivity index (χ0n) is 15.9. The van der Waals surface area contributed by atoms with Gasteiger partial charge in [0.1, 0.15) is 5.52 Å². The van der Waals surface area contributed by atoms with Crippen LogP contribution in [0.5, 0.6) is 0 Å². The number of benzene rings is 1. The lowest BCUT2D eigenvalue weighted by molar-refractivity contribution is -0.129. The van der Waals surface area contributed by atoms with E-state index in [1.54, 1.807) is 11.3 Å². The molecule has 0 aliphatic carbocycles. The number of amides is 3. The molecule has 1 radical (unpaired) electrons. The number of aromatic amines is 1. The third-order valence-corrected chi connectivity index (χ3v) is 5.82. The van der Waals surface area contributed by atoms with Crippen molar-refractivity contribution in [2.75, 3.05) is 39.3 Å². The Morgan fingerprint density at radius 1 is 1.11 bits per heavy atom. The number of rotatable bonds is 4. The normalized spacial score (nSPS) is 19.3. The third kappa shape index (κ3) is 4.09. The molecule has 2 aromatic rings. The highest BCUT2D eigenvalue weighted by Crippen LogP contribution is 2.19. The van der Waals surface area contributed by atoms with Crippen molar-refractivity contribution in [2.24, 2.45) is 5.73 Å². The van der Waals surface area contributed by atoms with Crippen LogP contribution in [0.25, 0.3) is 11.0 Å². The zero-order chi connectivity index (χ0) is 19.5. The molecule has 0 unspecified atom stereocenters. The van der Waals surface area contributed by atoms with Gasteiger partial charge in [0.2, 0.25) is 5.91 Å². The van der Waals surface area contributed by atoms with E-state index in [0.717, 1.165) is 68.7 Å². The Labute approximate surface area is 163 Å². The number of urea groups is 1. The zero-order valence-corrected chi connectivity index (χ0v) is 15.9. The van der Waals surface area contributed by atoms with Crippen molar-refractivity contribution in [2.45, 2.75) is 25.3 Å². The third-order valence-electron chi connectivity index (χ3n) is 5.82. The molecule has 2 aliphatic heterocycles. The van der Waals surface area contributed by atoms with E-state index in [1.165, 1.54) is 0 Å². The molecule has 1 aromatic carbocycles. The number of carbonyl (C=O) groups excluding carboxylic acids is 2. The lowest BCUT2D eigenvalue weighted by Crippen LogP contribution is -2.55. The molecule has 3 amide bonds. The van der Waals surface area contributed by atoms with Gasteiger partial charge in [0.05, 0.1) is 11.9 Å². The first-order valence-electron chi connectivity index (χ1n) is 9.80. The largest absolute Gasteiger partial charge is 0.351 e. The minimum Gasteiger partial charge on any atom is -0.351 e. The number of H-pyrrole nitrogens is 1. The topological polar surface area (TPSA) is 111 Å². The summed E-state index contributed by atoms with van der Waals surface area (Å²) in [5.74, 6) is 0.0865. The predicted octanol–water partition coefficient (Wildman–Crippen LogP) is 0.392. The van der Waals surface area contributed by atoms with E-state index in [4.69, 9.17) is 5.73 Å². The van der Waals surface area contributed by atoms with Gasteiger partial charge >= 0.3 is 6.03 Å². The first-order valence-corrected chi connectivity index (χ1v) is 9.80. The smallest absolute Gasteiger partial charge is 0.314 e. The summed E-state index contributed by atoms with van der Waals surface area (Å²) >= 11 is 0. The predicted molar refractivity (Wildman–Crippen MR) is 104 cm³/mol. The second-order valence-corrected chi connectivity index (χ2v) is 7.49. The lowest BCUT2D eigenvalue weighted by atomic mass is 10.0. The molecule has 2 fully saturated rings. The van der Waals surface area contributed by atoms with Gasteiger partial charge in [-0.2, -0.15) is 0 Å². The monoisotopic (exact) mass is 384 g/mol. The highest BCUT2D eigenvalue weighted by atomic mass is 16.2. The fourth-order valence-electron chi connectivity index (χ4n) is 4.11. The van der Waals surface area contributed by atoms with Gasteiger partial charge < -0.3 is 15.5 Å². The van der Waals surface area contributed by atoms with E-state index in [9.17, 15) is 9.59 Å². The molecule has 0 spiro atoms. The summed E-state index contributed by atoms with van der Waals surface area (Å²) in [6, 6.07) is 6.03. The summed E-state index contributed by atoms with van der Waals surface area (Å²) in [6.07, 6.45) is 4.25. The molecule has 4 rings (SSSR count). The van der Waals surface area contributed by atoms with E-state index >= 15 is 0 Å². The number of nitrogens with zero attached hydrogens (tertiary/aromatic N) is 5. The van der Waals surface area contributed by atoms with Gasteiger partial charge in [-0.05, 0) is 37.0 Å². The van der Waals surface area contributed by atoms with Crippen molar-refractivity contribution in [3.8, 4) is 0 Å². The number of hydrogen-bond donors (Lipinski definition) is 2. The maximum atomic E-state index is 12.5. The van der Waals surface area contributed by atoms with E-state index < -0.39 is 0 Å². The van der Waals surface area contributed by atoms with Crippen LogP contribution in [0.15, 0.2) is 18.2 Å². The van der Waals surface area contributed by atoms with Gasteiger partial charge in [0, 0.05) is 45.3 Å². The Kier molecular flexibility index (Phi) is 5.43. The molecule has 0 atom stereocenters. The Morgan fingerprint density at radius 3 is 2.57 bits per heavy atom. The van der Waals surface area contributed by atoms with Gasteiger partial charge in [-0.15, -0.1) is 5.10 Å². The molecule has 28 heavy (non-hydrogen) atoms. The van der Waals surface area contributed by atoms with Crippen LogP contribution in [0.1, 0.15) is 18.4 Å². The van der Waals surface area contributed by atoms with Crippen LogP contribution in [0.2, 0.25) is 0 Å². The SMILES string of the molecule is NC(=O)N1CCC(N2CCN(C(=O)[CH]Cc3ccc4[nH]nnc4c3)CC2)CC1. The maximum Gasteiger partial charge on any atom is 0.314 e. The Balaban J connectivity index is 1.22.